The molecule has 1 aromatic carbocycles. The second-order valence-electron chi connectivity index (χ2n) is 4.30. The molecule has 0 radical (unpaired) electrons. The smallest absolute Gasteiger partial charge is 0.276 e. The van der Waals surface area contributed by atoms with Gasteiger partial charge in [-0.3, -0.25) is 4.79 Å². The van der Waals surface area contributed by atoms with Gasteiger partial charge in [-0.15, -0.1) is 0 Å². The molecule has 0 fully saturated rings. The number of hydrogen-bond acceptors (Lipinski definition) is 2. The summed E-state index contributed by atoms with van der Waals surface area (Å²) >= 11 is 0. The molecule has 1 heterocycles. The van der Waals surface area contributed by atoms with Crippen molar-refractivity contribution >= 4 is 0 Å². The molecule has 4 heteroatoms. The molecular formula is C13H17N3O. The summed E-state index contributed by atoms with van der Waals surface area (Å²) in [5.41, 5.74) is 2.65. The molecule has 0 N–H and O–H groups in total. The van der Waals surface area contributed by atoms with E-state index in [0.717, 1.165) is 16.9 Å². The summed E-state index contributed by atoms with van der Waals surface area (Å²) in [6.45, 7) is 3.81. The van der Waals surface area contributed by atoms with Gasteiger partial charge < -0.3 is 5.01 Å². The lowest BCUT2D eigenvalue weighted by atomic mass is 10.3. The first kappa shape index (κ1) is 11.5. The van der Waals surface area contributed by atoms with Crippen LogP contribution in [-0.2, 0) is 0 Å². The minimum absolute atomic E-state index is 0.0300. The van der Waals surface area contributed by atoms with Crippen LogP contribution in [-0.4, -0.2) is 23.6 Å². The van der Waals surface area contributed by atoms with Crippen LogP contribution < -0.4 is 10.6 Å². The molecule has 0 aliphatic carbocycles. The predicted molar refractivity (Wildman–Crippen MR) is 69.6 cm³/mol. The lowest BCUT2D eigenvalue weighted by Crippen LogP contribution is -2.34. The molecule has 2 aromatic rings. The largest absolute Gasteiger partial charge is 0.304 e. The Labute approximate surface area is 101 Å². The Bertz CT molecular complexity index is 579. The lowest BCUT2D eigenvalue weighted by molar-refractivity contribution is 0.547. The van der Waals surface area contributed by atoms with Crippen LogP contribution in [0.25, 0.3) is 5.69 Å². The fourth-order valence-electron chi connectivity index (χ4n) is 1.97. The number of aromatic nitrogens is 2. The van der Waals surface area contributed by atoms with Crippen molar-refractivity contribution in [1.29, 1.82) is 0 Å². The molecule has 0 atom stereocenters. The lowest BCUT2D eigenvalue weighted by Gasteiger charge is -2.21. The van der Waals surface area contributed by atoms with Crippen LogP contribution in [0, 0.1) is 13.8 Å². The monoisotopic (exact) mass is 231 g/mol. The molecule has 1 aromatic heterocycles. The van der Waals surface area contributed by atoms with Crippen molar-refractivity contribution in [3.05, 3.63) is 51.9 Å². The maximum Gasteiger partial charge on any atom is 0.276 e. The van der Waals surface area contributed by atoms with Gasteiger partial charge in [-0.25, -0.2) is 0 Å². The maximum absolute atomic E-state index is 12.2. The van der Waals surface area contributed by atoms with Crippen molar-refractivity contribution in [2.45, 2.75) is 13.8 Å². The van der Waals surface area contributed by atoms with E-state index in [1.165, 1.54) is 0 Å². The maximum atomic E-state index is 12.2. The first-order chi connectivity index (χ1) is 8.04. The van der Waals surface area contributed by atoms with E-state index >= 15 is 0 Å². The fraction of sp³-hybridized carbons (Fsp3) is 0.308. The van der Waals surface area contributed by atoms with Crippen molar-refractivity contribution in [2.75, 3.05) is 19.1 Å². The summed E-state index contributed by atoms with van der Waals surface area (Å²) in [6.07, 6.45) is 0. The van der Waals surface area contributed by atoms with Crippen molar-refractivity contribution < 1.29 is 0 Å². The van der Waals surface area contributed by atoms with E-state index in [1.807, 2.05) is 68.1 Å². The van der Waals surface area contributed by atoms with Gasteiger partial charge in [0, 0.05) is 19.7 Å². The third kappa shape index (κ3) is 1.75. The van der Waals surface area contributed by atoms with E-state index in [0.29, 0.717) is 0 Å². The van der Waals surface area contributed by atoms with Crippen molar-refractivity contribution in [2.24, 2.45) is 0 Å². The first-order valence-corrected chi connectivity index (χ1v) is 5.58. The van der Waals surface area contributed by atoms with E-state index in [2.05, 4.69) is 0 Å². The minimum Gasteiger partial charge on any atom is -0.304 e. The molecule has 17 heavy (non-hydrogen) atoms. The zero-order valence-electron chi connectivity index (χ0n) is 10.6. The molecule has 0 aliphatic heterocycles. The van der Waals surface area contributed by atoms with Gasteiger partial charge in [0.1, 0.15) is 0 Å². The summed E-state index contributed by atoms with van der Waals surface area (Å²) in [4.78, 5) is 14.1. The molecule has 0 aliphatic rings. The zero-order valence-corrected chi connectivity index (χ0v) is 10.6. The normalized spacial score (nSPS) is 10.6. The highest BCUT2D eigenvalue weighted by Crippen LogP contribution is 2.10. The Morgan fingerprint density at radius 3 is 2.18 bits per heavy atom. The van der Waals surface area contributed by atoms with Crippen LogP contribution in [0.5, 0.6) is 0 Å². The molecule has 90 valence electrons. The third-order valence-electron chi connectivity index (χ3n) is 2.92. The van der Waals surface area contributed by atoms with Gasteiger partial charge in [-0.05, 0) is 26.0 Å². The molecule has 0 unspecified atom stereocenters. The quantitative estimate of drug-likeness (QED) is 0.783. The summed E-state index contributed by atoms with van der Waals surface area (Å²) < 4.78 is 1.69. The molecule has 0 bridgehead atoms. The first-order valence-electron chi connectivity index (χ1n) is 5.58. The van der Waals surface area contributed by atoms with Crippen LogP contribution in [0.2, 0.25) is 0 Å². The number of nitrogens with zero attached hydrogens (tertiary/aromatic N) is 3. The van der Waals surface area contributed by atoms with Crippen LogP contribution >= 0.6 is 0 Å². The Morgan fingerprint density at radius 2 is 1.65 bits per heavy atom. The van der Waals surface area contributed by atoms with Gasteiger partial charge in [0.2, 0.25) is 0 Å². The number of rotatable bonds is 2. The molecule has 0 saturated carbocycles. The van der Waals surface area contributed by atoms with Crippen molar-refractivity contribution in [1.82, 2.24) is 9.47 Å². The van der Waals surface area contributed by atoms with Crippen molar-refractivity contribution in [3.8, 4) is 5.69 Å². The van der Waals surface area contributed by atoms with Crippen molar-refractivity contribution in [3.63, 3.8) is 0 Å². The Kier molecular flexibility index (Phi) is 2.79. The van der Waals surface area contributed by atoms with E-state index in [-0.39, 0.29) is 5.56 Å². The van der Waals surface area contributed by atoms with Crippen LogP contribution in [0.1, 0.15) is 11.3 Å². The molecule has 2 rings (SSSR count). The Morgan fingerprint density at radius 1 is 1.06 bits per heavy atom. The van der Waals surface area contributed by atoms with E-state index in [4.69, 9.17) is 0 Å². The average molecular weight is 231 g/mol. The molecule has 0 spiro atoms. The van der Waals surface area contributed by atoms with Gasteiger partial charge in [0.15, 0.2) is 0 Å². The van der Waals surface area contributed by atoms with Crippen LogP contribution in [0.3, 0.4) is 0 Å². The highest BCUT2D eigenvalue weighted by atomic mass is 16.1. The molecule has 0 saturated heterocycles. The summed E-state index contributed by atoms with van der Waals surface area (Å²) in [7, 11) is 3.84. The van der Waals surface area contributed by atoms with Crippen LogP contribution in [0.4, 0.5) is 0 Å². The highest BCUT2D eigenvalue weighted by Gasteiger charge is 2.15. The summed E-state index contributed by atoms with van der Waals surface area (Å²) in [5.74, 6) is 0. The average Bonchev–Trinajstić information content (AvgIpc) is 2.55. The topological polar surface area (TPSA) is 30.2 Å². The van der Waals surface area contributed by atoms with E-state index < -0.39 is 0 Å². The van der Waals surface area contributed by atoms with Gasteiger partial charge in [0.25, 0.3) is 5.56 Å². The molecule has 0 amide bonds. The number of para-hydroxylation sites is 1. The number of benzene rings is 1. The second-order valence-corrected chi connectivity index (χ2v) is 4.30. The van der Waals surface area contributed by atoms with Gasteiger partial charge in [-0.1, -0.05) is 18.2 Å². The van der Waals surface area contributed by atoms with E-state index in [9.17, 15) is 4.79 Å². The second kappa shape index (κ2) is 4.13. The summed E-state index contributed by atoms with van der Waals surface area (Å²) in [6, 6.07) is 9.66. The standard InChI is InChI=1S/C13H17N3O/c1-10-11(2)16(14(3)4)15(13(10)17)12-8-6-5-7-9-12/h5-9H,1-4H3. The SMILES string of the molecule is Cc1c(C)n(N(C)C)n(-c2ccccc2)c1=O. The van der Waals surface area contributed by atoms with Crippen LogP contribution in [0.15, 0.2) is 35.1 Å². The predicted octanol–water partition coefficient (Wildman–Crippen LogP) is 1.45. The zero-order chi connectivity index (χ0) is 12.6. The minimum atomic E-state index is 0.0300. The molecular weight excluding hydrogens is 214 g/mol. The number of hydrogen-bond donors (Lipinski definition) is 0. The highest BCUT2D eigenvalue weighted by molar-refractivity contribution is 5.33. The summed E-state index contributed by atoms with van der Waals surface area (Å²) in [5, 5.41) is 1.90. The van der Waals surface area contributed by atoms with Gasteiger partial charge in [0.05, 0.1) is 11.4 Å². The van der Waals surface area contributed by atoms with Gasteiger partial charge >= 0.3 is 0 Å². The van der Waals surface area contributed by atoms with E-state index in [1.54, 1.807) is 4.68 Å². The van der Waals surface area contributed by atoms with Gasteiger partial charge in [-0.2, -0.15) is 9.47 Å². The Hall–Kier alpha value is -1.97. The third-order valence-corrected chi connectivity index (χ3v) is 2.92. The molecule has 4 nitrogen and oxygen atoms in total. The Balaban J connectivity index is 2.78. The fourth-order valence-corrected chi connectivity index (χ4v) is 1.97.